The van der Waals surface area contributed by atoms with Gasteiger partial charge in [-0.2, -0.15) is 0 Å². The number of rotatable bonds is 3. The van der Waals surface area contributed by atoms with Crippen LogP contribution in [0.1, 0.15) is 35.6 Å². The second kappa shape index (κ2) is 6.09. The predicted molar refractivity (Wildman–Crippen MR) is 96.8 cm³/mol. The lowest BCUT2D eigenvalue weighted by Gasteiger charge is -2.29. The molecule has 6 nitrogen and oxygen atoms in total. The Hall–Kier alpha value is -2.86. The maximum atomic E-state index is 10.3. The SMILES string of the molecule is C/C(=C\Cc1c(O)ccc2c1OC[C@@H]1c3cc4c(cc3O[C@H]21)OCO4)CO. The van der Waals surface area contributed by atoms with Crippen molar-refractivity contribution in [2.75, 3.05) is 20.0 Å². The molecule has 2 aromatic rings. The molecule has 0 bridgehead atoms. The zero-order valence-corrected chi connectivity index (χ0v) is 14.9. The minimum absolute atomic E-state index is 0.00539. The van der Waals surface area contributed by atoms with E-state index in [1.165, 1.54) is 0 Å². The van der Waals surface area contributed by atoms with Gasteiger partial charge in [0.1, 0.15) is 23.4 Å². The second-order valence-corrected chi connectivity index (χ2v) is 7.09. The van der Waals surface area contributed by atoms with Crippen molar-refractivity contribution in [1.29, 1.82) is 0 Å². The van der Waals surface area contributed by atoms with Gasteiger partial charge in [-0.05, 0) is 31.5 Å². The summed E-state index contributed by atoms with van der Waals surface area (Å²) in [5.41, 5.74) is 3.54. The molecule has 2 atom stereocenters. The first-order valence-electron chi connectivity index (χ1n) is 9.00. The monoisotopic (exact) mass is 368 g/mol. The number of aliphatic hydroxyl groups is 1. The van der Waals surface area contributed by atoms with Crippen molar-refractivity contribution in [2.45, 2.75) is 25.4 Å². The molecule has 0 aromatic heterocycles. The first-order chi connectivity index (χ1) is 13.2. The smallest absolute Gasteiger partial charge is 0.231 e. The van der Waals surface area contributed by atoms with Crippen LogP contribution in [0.3, 0.4) is 0 Å². The molecule has 2 aromatic carbocycles. The Bertz CT molecular complexity index is 948. The molecule has 0 saturated heterocycles. The highest BCUT2D eigenvalue weighted by molar-refractivity contribution is 5.59. The van der Waals surface area contributed by atoms with Gasteiger partial charge in [-0.3, -0.25) is 0 Å². The maximum Gasteiger partial charge on any atom is 0.231 e. The minimum Gasteiger partial charge on any atom is -0.508 e. The lowest BCUT2D eigenvalue weighted by atomic mass is 9.87. The standard InChI is InChI=1S/C21H20O6/c1-11(8-22)2-3-12-16(23)5-4-13-20(12)24-9-15-14-6-18-19(26-10-25-18)7-17(14)27-21(13)15/h2,4-7,15,21-23H,3,8-10H2,1H3/b11-2+/t15-,21-/m1/s1. The van der Waals surface area contributed by atoms with Gasteiger partial charge in [0.15, 0.2) is 11.5 Å². The van der Waals surface area contributed by atoms with Crippen LogP contribution >= 0.6 is 0 Å². The van der Waals surface area contributed by atoms with Gasteiger partial charge in [0, 0.05) is 22.8 Å². The van der Waals surface area contributed by atoms with Crippen LogP contribution in [-0.2, 0) is 6.42 Å². The number of phenols is 1. The lowest BCUT2D eigenvalue weighted by molar-refractivity contribution is 0.137. The molecule has 0 unspecified atom stereocenters. The molecule has 0 fully saturated rings. The Morgan fingerprint density at radius 2 is 1.93 bits per heavy atom. The quantitative estimate of drug-likeness (QED) is 0.810. The molecular formula is C21H20O6. The Balaban J connectivity index is 1.53. The van der Waals surface area contributed by atoms with E-state index in [2.05, 4.69) is 0 Å². The number of hydrogen-bond donors (Lipinski definition) is 2. The molecule has 27 heavy (non-hydrogen) atoms. The van der Waals surface area contributed by atoms with Crippen LogP contribution in [-0.4, -0.2) is 30.2 Å². The topological polar surface area (TPSA) is 77.4 Å². The van der Waals surface area contributed by atoms with Gasteiger partial charge in [-0.1, -0.05) is 11.6 Å². The van der Waals surface area contributed by atoms with E-state index in [0.29, 0.717) is 30.1 Å². The summed E-state index contributed by atoms with van der Waals surface area (Å²) in [5, 5.41) is 19.5. The number of aliphatic hydroxyl groups excluding tert-OH is 1. The van der Waals surface area contributed by atoms with Crippen LogP contribution in [0.4, 0.5) is 0 Å². The third kappa shape index (κ3) is 2.51. The van der Waals surface area contributed by atoms with E-state index in [0.717, 1.165) is 28.2 Å². The van der Waals surface area contributed by atoms with Crippen molar-refractivity contribution in [1.82, 2.24) is 0 Å². The molecule has 0 spiro atoms. The van der Waals surface area contributed by atoms with E-state index >= 15 is 0 Å². The zero-order chi connectivity index (χ0) is 18.5. The van der Waals surface area contributed by atoms with Crippen molar-refractivity contribution in [3.63, 3.8) is 0 Å². The highest BCUT2D eigenvalue weighted by Crippen LogP contribution is 2.55. The Kier molecular flexibility index (Phi) is 3.68. The largest absolute Gasteiger partial charge is 0.508 e. The molecule has 0 radical (unpaired) electrons. The van der Waals surface area contributed by atoms with Crippen LogP contribution in [0.25, 0.3) is 0 Å². The normalized spacial score (nSPS) is 21.8. The summed E-state index contributed by atoms with van der Waals surface area (Å²) in [6.45, 7) is 2.54. The van der Waals surface area contributed by atoms with E-state index in [-0.39, 0.29) is 31.2 Å². The molecule has 0 saturated carbocycles. The molecule has 3 heterocycles. The number of hydrogen-bond acceptors (Lipinski definition) is 6. The summed E-state index contributed by atoms with van der Waals surface area (Å²) in [7, 11) is 0. The van der Waals surface area contributed by atoms with Gasteiger partial charge in [-0.15, -0.1) is 0 Å². The summed E-state index contributed by atoms with van der Waals surface area (Å²) >= 11 is 0. The third-order valence-electron chi connectivity index (χ3n) is 5.41. The van der Waals surface area contributed by atoms with Gasteiger partial charge in [-0.25, -0.2) is 0 Å². The number of aromatic hydroxyl groups is 1. The van der Waals surface area contributed by atoms with Crippen LogP contribution in [0, 0.1) is 0 Å². The fourth-order valence-corrected chi connectivity index (χ4v) is 3.91. The van der Waals surface area contributed by atoms with Crippen molar-refractivity contribution >= 4 is 0 Å². The lowest BCUT2D eigenvalue weighted by Crippen LogP contribution is -2.24. The predicted octanol–water partition coefficient (Wildman–Crippen LogP) is 3.21. The second-order valence-electron chi connectivity index (χ2n) is 7.09. The van der Waals surface area contributed by atoms with E-state index in [4.69, 9.17) is 18.9 Å². The number of phenolic OH excluding ortho intramolecular Hbond substituents is 1. The molecule has 3 aliphatic heterocycles. The first kappa shape index (κ1) is 16.3. The Morgan fingerprint density at radius 1 is 1.11 bits per heavy atom. The number of benzene rings is 2. The molecule has 0 aliphatic carbocycles. The highest BCUT2D eigenvalue weighted by atomic mass is 16.7. The van der Waals surface area contributed by atoms with Gasteiger partial charge in [0.2, 0.25) is 6.79 Å². The molecule has 2 N–H and O–H groups in total. The molecule has 3 aliphatic rings. The zero-order valence-electron chi connectivity index (χ0n) is 14.9. The fraction of sp³-hybridized carbons (Fsp3) is 0.333. The van der Waals surface area contributed by atoms with E-state index in [1.807, 2.05) is 31.2 Å². The Morgan fingerprint density at radius 3 is 2.74 bits per heavy atom. The van der Waals surface area contributed by atoms with Gasteiger partial charge in [0.25, 0.3) is 0 Å². The van der Waals surface area contributed by atoms with E-state index < -0.39 is 0 Å². The molecule has 140 valence electrons. The van der Waals surface area contributed by atoms with Crippen LogP contribution in [0.15, 0.2) is 35.9 Å². The molecule has 5 rings (SSSR count). The van der Waals surface area contributed by atoms with E-state index in [9.17, 15) is 10.2 Å². The summed E-state index contributed by atoms with van der Waals surface area (Å²) in [5.74, 6) is 3.14. The summed E-state index contributed by atoms with van der Waals surface area (Å²) < 4.78 is 23.3. The van der Waals surface area contributed by atoms with Crippen molar-refractivity contribution in [3.05, 3.63) is 52.6 Å². The average molecular weight is 368 g/mol. The van der Waals surface area contributed by atoms with E-state index in [1.54, 1.807) is 6.07 Å². The summed E-state index contributed by atoms with van der Waals surface area (Å²) in [4.78, 5) is 0. The minimum atomic E-state index is -0.173. The van der Waals surface area contributed by atoms with Gasteiger partial charge < -0.3 is 29.2 Å². The fourth-order valence-electron chi connectivity index (χ4n) is 3.91. The third-order valence-corrected chi connectivity index (χ3v) is 5.41. The van der Waals surface area contributed by atoms with Crippen molar-refractivity contribution in [2.24, 2.45) is 0 Å². The Labute approximate surface area is 156 Å². The first-order valence-corrected chi connectivity index (χ1v) is 9.00. The number of fused-ring (bicyclic) bond motifs is 6. The van der Waals surface area contributed by atoms with Crippen LogP contribution in [0.2, 0.25) is 0 Å². The number of allylic oxidation sites excluding steroid dienone is 1. The van der Waals surface area contributed by atoms with Gasteiger partial charge in [0.05, 0.1) is 19.1 Å². The highest BCUT2D eigenvalue weighted by Gasteiger charge is 2.42. The average Bonchev–Trinajstić information content (AvgIpc) is 3.28. The summed E-state index contributed by atoms with van der Waals surface area (Å²) in [6, 6.07) is 7.40. The summed E-state index contributed by atoms with van der Waals surface area (Å²) in [6.07, 6.45) is 2.21. The van der Waals surface area contributed by atoms with Crippen molar-refractivity contribution in [3.8, 4) is 28.7 Å². The molecule has 0 amide bonds. The van der Waals surface area contributed by atoms with Crippen molar-refractivity contribution < 1.29 is 29.2 Å². The van der Waals surface area contributed by atoms with Crippen LogP contribution < -0.4 is 18.9 Å². The van der Waals surface area contributed by atoms with Crippen LogP contribution in [0.5, 0.6) is 28.7 Å². The van der Waals surface area contributed by atoms with Gasteiger partial charge >= 0.3 is 0 Å². The molecular weight excluding hydrogens is 348 g/mol. The number of ether oxygens (including phenoxy) is 4. The maximum absolute atomic E-state index is 10.3. The molecule has 6 heteroatoms.